The van der Waals surface area contributed by atoms with Crippen molar-refractivity contribution in [2.75, 3.05) is 7.05 Å². The third-order valence-corrected chi connectivity index (χ3v) is 5.35. The first-order valence-electron chi connectivity index (χ1n) is 6.18. The van der Waals surface area contributed by atoms with Crippen molar-refractivity contribution in [3.63, 3.8) is 0 Å². The number of benzene rings is 1. The Morgan fingerprint density at radius 1 is 1.43 bits per heavy atom. The Kier molecular flexibility index (Phi) is 4.67. The van der Waals surface area contributed by atoms with Crippen molar-refractivity contribution in [2.24, 2.45) is 7.05 Å². The topological polar surface area (TPSA) is 75.4 Å². The number of halogens is 1. The highest BCUT2D eigenvalue weighted by atomic mass is 35.5. The smallest absolute Gasteiger partial charge is 0.243 e. The molecule has 0 saturated heterocycles. The molecule has 0 fully saturated rings. The summed E-state index contributed by atoms with van der Waals surface area (Å²) in [4.78, 5) is 4.20. The molecule has 0 atom stereocenters. The number of rotatable bonds is 5. The molecule has 1 aromatic carbocycles. The SMILES string of the molecule is CN(Cc1nccn1C)S(=O)(=O)c1ccc(Cl)c(CO)c1. The van der Waals surface area contributed by atoms with Gasteiger partial charge >= 0.3 is 0 Å². The largest absolute Gasteiger partial charge is 0.392 e. The molecule has 8 heteroatoms. The summed E-state index contributed by atoms with van der Waals surface area (Å²) in [5.41, 5.74) is 0.378. The number of hydrogen-bond donors (Lipinski definition) is 1. The lowest BCUT2D eigenvalue weighted by Crippen LogP contribution is -2.27. The predicted molar refractivity (Wildman–Crippen MR) is 79.2 cm³/mol. The number of aromatic nitrogens is 2. The fourth-order valence-corrected chi connectivity index (χ4v) is 3.20. The first-order valence-corrected chi connectivity index (χ1v) is 8.00. The minimum absolute atomic E-state index is 0.0904. The summed E-state index contributed by atoms with van der Waals surface area (Å²) < 4.78 is 28.0. The molecule has 0 aliphatic heterocycles. The zero-order valence-electron chi connectivity index (χ0n) is 11.7. The van der Waals surface area contributed by atoms with Gasteiger partial charge in [0, 0.05) is 31.5 Å². The van der Waals surface area contributed by atoms with E-state index in [4.69, 9.17) is 11.6 Å². The van der Waals surface area contributed by atoms with Gasteiger partial charge in [-0.15, -0.1) is 0 Å². The monoisotopic (exact) mass is 329 g/mol. The van der Waals surface area contributed by atoms with Crippen molar-refractivity contribution in [2.45, 2.75) is 18.0 Å². The van der Waals surface area contributed by atoms with Gasteiger partial charge in [-0.1, -0.05) is 11.6 Å². The van der Waals surface area contributed by atoms with Gasteiger partial charge in [0.05, 0.1) is 18.0 Å². The van der Waals surface area contributed by atoms with Crippen molar-refractivity contribution in [3.8, 4) is 0 Å². The Bertz CT molecular complexity index is 743. The molecule has 0 bridgehead atoms. The van der Waals surface area contributed by atoms with Gasteiger partial charge in [0.25, 0.3) is 0 Å². The first-order chi connectivity index (χ1) is 9.86. The van der Waals surface area contributed by atoms with Crippen LogP contribution in [0.5, 0.6) is 0 Å². The summed E-state index contributed by atoms with van der Waals surface area (Å²) in [6, 6.07) is 4.27. The van der Waals surface area contributed by atoms with Gasteiger partial charge < -0.3 is 9.67 Å². The second-order valence-electron chi connectivity index (χ2n) is 4.63. The summed E-state index contributed by atoms with van der Waals surface area (Å²) in [7, 11) is -0.387. The molecule has 1 aromatic heterocycles. The molecule has 0 aliphatic rings. The number of nitrogens with zero attached hydrogens (tertiary/aromatic N) is 3. The third-order valence-electron chi connectivity index (χ3n) is 3.18. The second-order valence-corrected chi connectivity index (χ2v) is 7.08. The summed E-state index contributed by atoms with van der Waals surface area (Å²) in [6.07, 6.45) is 3.36. The standard InChI is InChI=1S/C13H16ClN3O3S/c1-16-6-5-15-13(16)8-17(2)21(19,20)11-3-4-12(14)10(7-11)9-18/h3-7,18H,8-9H2,1-2H3. The maximum Gasteiger partial charge on any atom is 0.243 e. The molecular weight excluding hydrogens is 314 g/mol. The average molecular weight is 330 g/mol. The Morgan fingerprint density at radius 3 is 2.71 bits per heavy atom. The average Bonchev–Trinajstić information content (AvgIpc) is 2.84. The molecule has 114 valence electrons. The van der Waals surface area contributed by atoms with Crippen LogP contribution in [-0.4, -0.2) is 34.4 Å². The molecule has 0 aliphatic carbocycles. The minimum atomic E-state index is -3.67. The van der Waals surface area contributed by atoms with Gasteiger partial charge in [-0.25, -0.2) is 13.4 Å². The van der Waals surface area contributed by atoms with Crippen LogP contribution in [0.1, 0.15) is 11.4 Å². The number of aryl methyl sites for hydroxylation is 1. The van der Waals surface area contributed by atoms with Crippen LogP contribution in [0.15, 0.2) is 35.5 Å². The van der Waals surface area contributed by atoms with E-state index in [0.29, 0.717) is 16.4 Å². The Labute approximate surface area is 128 Å². The van der Waals surface area contributed by atoms with Crippen LogP contribution in [0.25, 0.3) is 0 Å². The van der Waals surface area contributed by atoms with Gasteiger partial charge in [-0.05, 0) is 23.8 Å². The highest BCUT2D eigenvalue weighted by molar-refractivity contribution is 7.89. The molecule has 2 aromatic rings. The van der Waals surface area contributed by atoms with Crippen LogP contribution in [0.3, 0.4) is 0 Å². The Morgan fingerprint density at radius 2 is 2.14 bits per heavy atom. The molecule has 0 saturated carbocycles. The number of imidazole rings is 1. The quantitative estimate of drug-likeness (QED) is 0.899. The van der Waals surface area contributed by atoms with E-state index in [1.807, 2.05) is 0 Å². The highest BCUT2D eigenvalue weighted by Gasteiger charge is 2.23. The van der Waals surface area contributed by atoms with Crippen molar-refractivity contribution < 1.29 is 13.5 Å². The summed E-state index contributed by atoms with van der Waals surface area (Å²) in [5.74, 6) is 0.637. The minimum Gasteiger partial charge on any atom is -0.392 e. The van der Waals surface area contributed by atoms with Crippen molar-refractivity contribution in [1.82, 2.24) is 13.9 Å². The highest BCUT2D eigenvalue weighted by Crippen LogP contribution is 2.23. The van der Waals surface area contributed by atoms with Gasteiger partial charge in [0.2, 0.25) is 10.0 Å². The molecule has 2 rings (SSSR count). The lowest BCUT2D eigenvalue weighted by Gasteiger charge is -2.17. The van der Waals surface area contributed by atoms with E-state index in [0.717, 1.165) is 0 Å². The molecular formula is C13H16ClN3O3S. The van der Waals surface area contributed by atoms with Crippen LogP contribution >= 0.6 is 11.6 Å². The van der Waals surface area contributed by atoms with E-state index in [1.165, 1.54) is 29.6 Å². The van der Waals surface area contributed by atoms with E-state index in [-0.39, 0.29) is 18.0 Å². The second kappa shape index (κ2) is 6.15. The number of sulfonamides is 1. The molecule has 1 N–H and O–H groups in total. The normalized spacial score (nSPS) is 12.0. The van der Waals surface area contributed by atoms with Crippen LogP contribution in [0.4, 0.5) is 0 Å². The molecule has 0 spiro atoms. The van der Waals surface area contributed by atoms with Gasteiger partial charge in [-0.3, -0.25) is 0 Å². The zero-order valence-corrected chi connectivity index (χ0v) is 13.3. The first kappa shape index (κ1) is 16.0. The third kappa shape index (κ3) is 3.26. The van der Waals surface area contributed by atoms with Crippen molar-refractivity contribution >= 4 is 21.6 Å². The van der Waals surface area contributed by atoms with Crippen molar-refractivity contribution in [1.29, 1.82) is 0 Å². The molecule has 21 heavy (non-hydrogen) atoms. The summed E-state index contributed by atoms with van der Waals surface area (Å²) >= 11 is 5.88. The predicted octanol–water partition coefficient (Wildman–Crippen LogP) is 1.39. The maximum absolute atomic E-state index is 12.5. The number of hydrogen-bond acceptors (Lipinski definition) is 4. The number of aliphatic hydroxyl groups excluding tert-OH is 1. The van der Waals surface area contributed by atoms with E-state index in [1.54, 1.807) is 24.0 Å². The lowest BCUT2D eigenvalue weighted by molar-refractivity contribution is 0.281. The van der Waals surface area contributed by atoms with Crippen molar-refractivity contribution in [3.05, 3.63) is 47.0 Å². The molecule has 0 amide bonds. The number of aliphatic hydroxyl groups is 1. The van der Waals surface area contributed by atoms with Crippen LogP contribution in [-0.2, 0) is 30.2 Å². The summed E-state index contributed by atoms with van der Waals surface area (Å²) in [5, 5.41) is 9.52. The fourth-order valence-electron chi connectivity index (χ4n) is 1.85. The zero-order chi connectivity index (χ0) is 15.6. The van der Waals surface area contributed by atoms with Gasteiger partial charge in [-0.2, -0.15) is 4.31 Å². The van der Waals surface area contributed by atoms with Crippen LogP contribution in [0, 0.1) is 0 Å². The fraction of sp³-hybridized carbons (Fsp3) is 0.308. The summed E-state index contributed by atoms with van der Waals surface area (Å²) in [6.45, 7) is -0.159. The lowest BCUT2D eigenvalue weighted by atomic mass is 10.2. The Hall–Kier alpha value is -1.41. The van der Waals surface area contributed by atoms with E-state index >= 15 is 0 Å². The van der Waals surface area contributed by atoms with Gasteiger partial charge in [0.1, 0.15) is 5.82 Å². The van der Waals surface area contributed by atoms with E-state index < -0.39 is 10.0 Å². The van der Waals surface area contributed by atoms with E-state index in [2.05, 4.69) is 4.98 Å². The molecule has 1 heterocycles. The van der Waals surface area contributed by atoms with Gasteiger partial charge in [0.15, 0.2) is 0 Å². The molecule has 6 nitrogen and oxygen atoms in total. The maximum atomic E-state index is 12.5. The van der Waals surface area contributed by atoms with Crippen LogP contribution in [0.2, 0.25) is 5.02 Å². The molecule has 0 unspecified atom stereocenters. The Balaban J connectivity index is 2.31. The molecule has 0 radical (unpaired) electrons. The van der Waals surface area contributed by atoms with E-state index in [9.17, 15) is 13.5 Å². The van der Waals surface area contributed by atoms with Crippen LogP contribution < -0.4 is 0 Å².